The van der Waals surface area contributed by atoms with Crippen LogP contribution in [0.3, 0.4) is 0 Å². The van der Waals surface area contributed by atoms with Crippen LogP contribution < -0.4 is 0 Å². The van der Waals surface area contributed by atoms with E-state index >= 15 is 0 Å². The molecule has 1 N–H and O–H groups in total. The van der Waals surface area contributed by atoms with Gasteiger partial charge in [-0.25, -0.2) is 13.6 Å². The Morgan fingerprint density at radius 2 is 2.16 bits per heavy atom. The summed E-state index contributed by atoms with van der Waals surface area (Å²) in [5.41, 5.74) is 0.245. The van der Waals surface area contributed by atoms with E-state index < -0.39 is 17.7 Å². The van der Waals surface area contributed by atoms with E-state index in [0.717, 1.165) is 25.0 Å². The second kappa shape index (κ2) is 5.97. The second-order valence-electron chi connectivity index (χ2n) is 4.43. The molecule has 1 aromatic carbocycles. The highest BCUT2D eigenvalue weighted by Gasteiger charge is 2.34. The van der Waals surface area contributed by atoms with E-state index in [9.17, 15) is 13.6 Å². The first-order chi connectivity index (χ1) is 9.11. The van der Waals surface area contributed by atoms with Crippen LogP contribution in [0.2, 0.25) is 0 Å². The summed E-state index contributed by atoms with van der Waals surface area (Å²) >= 11 is 0. The fraction of sp³-hybridized carbons (Fsp3) is 0.462. The number of carbonyl (C=O) groups excluding carboxylic acids is 1. The maximum atomic E-state index is 13.6. The molecule has 0 heterocycles. The van der Waals surface area contributed by atoms with Gasteiger partial charge in [0, 0.05) is 17.7 Å². The molecule has 0 radical (unpaired) electrons. The number of hydrogen-bond donors (Lipinski definition) is 1. The van der Waals surface area contributed by atoms with Crippen molar-refractivity contribution in [1.82, 2.24) is 4.90 Å². The van der Waals surface area contributed by atoms with Gasteiger partial charge in [0.1, 0.15) is 18.2 Å². The Hall–Kier alpha value is -1.69. The van der Waals surface area contributed by atoms with Crippen molar-refractivity contribution in [3.05, 3.63) is 35.4 Å². The van der Waals surface area contributed by atoms with Gasteiger partial charge in [-0.1, -0.05) is 6.07 Å². The van der Waals surface area contributed by atoms with Gasteiger partial charge in [-0.05, 0) is 18.9 Å². The third-order valence-electron chi connectivity index (χ3n) is 2.89. The molecule has 0 aromatic heterocycles. The van der Waals surface area contributed by atoms with Gasteiger partial charge in [-0.2, -0.15) is 0 Å². The van der Waals surface area contributed by atoms with E-state index in [4.69, 9.17) is 9.84 Å². The van der Waals surface area contributed by atoms with Crippen LogP contribution in [-0.4, -0.2) is 35.4 Å². The van der Waals surface area contributed by atoms with Crippen LogP contribution >= 0.6 is 0 Å². The van der Waals surface area contributed by atoms with Gasteiger partial charge < -0.3 is 14.7 Å². The number of amides is 1. The van der Waals surface area contributed by atoms with Crippen molar-refractivity contribution < 1.29 is 23.4 Å². The van der Waals surface area contributed by atoms with E-state index in [2.05, 4.69) is 0 Å². The lowest BCUT2D eigenvalue weighted by molar-refractivity contribution is 0.0794. The average molecular weight is 271 g/mol. The first kappa shape index (κ1) is 13.7. The maximum Gasteiger partial charge on any atom is 0.410 e. The molecule has 0 aliphatic heterocycles. The van der Waals surface area contributed by atoms with E-state index in [0.29, 0.717) is 0 Å². The minimum absolute atomic E-state index is 0.0376. The molecule has 2 rings (SSSR count). The molecule has 1 saturated carbocycles. The molecule has 1 fully saturated rings. The summed E-state index contributed by atoms with van der Waals surface area (Å²) in [5.74, 6) is -1.33. The number of carbonyl (C=O) groups is 1. The largest absolute Gasteiger partial charge is 0.447 e. The summed E-state index contributed by atoms with van der Waals surface area (Å²) in [6.45, 7) is -0.301. The highest BCUT2D eigenvalue weighted by Crippen LogP contribution is 2.29. The zero-order valence-electron chi connectivity index (χ0n) is 10.3. The lowest BCUT2D eigenvalue weighted by atomic mass is 10.2. The number of hydrogen-bond acceptors (Lipinski definition) is 3. The predicted molar refractivity (Wildman–Crippen MR) is 63.4 cm³/mol. The van der Waals surface area contributed by atoms with Crippen LogP contribution in [0.5, 0.6) is 0 Å². The molecular weight excluding hydrogens is 256 g/mol. The first-order valence-corrected chi connectivity index (χ1v) is 6.10. The molecule has 104 valence electrons. The van der Waals surface area contributed by atoms with Gasteiger partial charge in [0.25, 0.3) is 0 Å². The van der Waals surface area contributed by atoms with Crippen molar-refractivity contribution in [2.24, 2.45) is 0 Å². The molecule has 0 atom stereocenters. The van der Waals surface area contributed by atoms with E-state index in [1.165, 1.54) is 11.0 Å². The van der Waals surface area contributed by atoms with Crippen molar-refractivity contribution in [2.45, 2.75) is 25.4 Å². The number of nitrogens with zero attached hydrogens (tertiary/aromatic N) is 1. The third kappa shape index (κ3) is 3.64. The van der Waals surface area contributed by atoms with Crippen LogP contribution in [0, 0.1) is 11.6 Å². The summed E-state index contributed by atoms with van der Waals surface area (Å²) < 4.78 is 31.2. The van der Waals surface area contributed by atoms with Crippen LogP contribution in [0.15, 0.2) is 18.2 Å². The molecule has 1 aromatic rings. The lowest BCUT2D eigenvalue weighted by Gasteiger charge is -2.22. The van der Waals surface area contributed by atoms with Crippen LogP contribution in [0.25, 0.3) is 0 Å². The fourth-order valence-corrected chi connectivity index (χ4v) is 1.78. The number of halogens is 2. The molecule has 0 unspecified atom stereocenters. The van der Waals surface area contributed by atoms with Crippen molar-refractivity contribution in [3.63, 3.8) is 0 Å². The van der Waals surface area contributed by atoms with Gasteiger partial charge in [-0.15, -0.1) is 0 Å². The maximum absolute atomic E-state index is 13.6. The summed E-state index contributed by atoms with van der Waals surface area (Å²) in [6, 6.07) is 3.30. The Balaban J connectivity index is 2.06. The highest BCUT2D eigenvalue weighted by molar-refractivity contribution is 5.68. The third-order valence-corrected chi connectivity index (χ3v) is 2.89. The quantitative estimate of drug-likeness (QED) is 0.891. The van der Waals surface area contributed by atoms with Crippen LogP contribution in [0.1, 0.15) is 18.4 Å². The summed E-state index contributed by atoms with van der Waals surface area (Å²) in [6.07, 6.45) is 1.11. The summed E-state index contributed by atoms with van der Waals surface area (Å²) in [5, 5.41) is 8.62. The number of benzene rings is 1. The van der Waals surface area contributed by atoms with Crippen molar-refractivity contribution in [1.29, 1.82) is 0 Å². The Kier molecular flexibility index (Phi) is 4.31. The van der Waals surface area contributed by atoms with Gasteiger partial charge in [-0.3, -0.25) is 0 Å². The van der Waals surface area contributed by atoms with Gasteiger partial charge in [0.2, 0.25) is 0 Å². The Morgan fingerprint density at radius 1 is 1.42 bits per heavy atom. The molecule has 1 aliphatic carbocycles. The van der Waals surface area contributed by atoms with Crippen LogP contribution in [0.4, 0.5) is 13.6 Å². The normalized spacial score (nSPS) is 14.3. The Bertz CT molecular complexity index is 463. The van der Waals surface area contributed by atoms with Gasteiger partial charge >= 0.3 is 6.09 Å². The van der Waals surface area contributed by atoms with E-state index in [1.54, 1.807) is 0 Å². The SMILES string of the molecule is O=C(OCCO)N(Cc1ccc(F)cc1F)C1CC1. The molecule has 6 heteroatoms. The molecule has 1 amide bonds. The summed E-state index contributed by atoms with van der Waals surface area (Å²) in [4.78, 5) is 13.2. The fourth-order valence-electron chi connectivity index (χ4n) is 1.78. The Morgan fingerprint density at radius 3 is 2.74 bits per heavy atom. The minimum atomic E-state index is -0.680. The van der Waals surface area contributed by atoms with Gasteiger partial charge in [0.15, 0.2) is 0 Å². The standard InChI is InChI=1S/C13H15F2NO3/c14-10-2-1-9(12(15)7-10)8-16(11-3-4-11)13(18)19-6-5-17/h1-2,7,11,17H,3-6,8H2. The molecule has 1 aliphatic rings. The molecule has 0 bridgehead atoms. The van der Waals surface area contributed by atoms with E-state index in [1.807, 2.05) is 0 Å². The van der Waals surface area contributed by atoms with Crippen LogP contribution in [-0.2, 0) is 11.3 Å². The zero-order chi connectivity index (χ0) is 13.8. The smallest absolute Gasteiger partial charge is 0.410 e. The number of rotatable bonds is 5. The average Bonchev–Trinajstić information content (AvgIpc) is 3.19. The summed E-state index contributed by atoms with van der Waals surface area (Å²) in [7, 11) is 0. The monoisotopic (exact) mass is 271 g/mol. The second-order valence-corrected chi connectivity index (χ2v) is 4.43. The molecule has 4 nitrogen and oxygen atoms in total. The molecular formula is C13H15F2NO3. The van der Waals surface area contributed by atoms with Crippen molar-refractivity contribution >= 4 is 6.09 Å². The topological polar surface area (TPSA) is 49.8 Å². The number of ether oxygens (including phenoxy) is 1. The number of aliphatic hydroxyl groups excluding tert-OH is 1. The van der Waals surface area contributed by atoms with Crippen molar-refractivity contribution in [3.8, 4) is 0 Å². The molecule has 19 heavy (non-hydrogen) atoms. The Labute approximate surface area is 109 Å². The van der Waals surface area contributed by atoms with Gasteiger partial charge in [0.05, 0.1) is 13.2 Å². The van der Waals surface area contributed by atoms with Crippen molar-refractivity contribution in [2.75, 3.05) is 13.2 Å². The zero-order valence-corrected chi connectivity index (χ0v) is 10.3. The molecule has 0 saturated heterocycles. The highest BCUT2D eigenvalue weighted by atomic mass is 19.1. The first-order valence-electron chi connectivity index (χ1n) is 6.10. The minimum Gasteiger partial charge on any atom is -0.447 e. The molecule has 0 spiro atoms. The van der Waals surface area contributed by atoms with E-state index in [-0.39, 0.29) is 31.4 Å². The predicted octanol–water partition coefficient (Wildman–Crippen LogP) is 2.06. The lowest BCUT2D eigenvalue weighted by Crippen LogP contribution is -2.34. The number of aliphatic hydroxyl groups is 1.